The molecule has 1 amide bonds. The molecule has 0 bridgehead atoms. The Morgan fingerprint density at radius 1 is 1.09 bits per heavy atom. The lowest BCUT2D eigenvalue weighted by atomic mass is 10.1. The number of para-hydroxylation sites is 1. The van der Waals surface area contributed by atoms with E-state index in [-0.39, 0.29) is 11.7 Å². The molecule has 116 valence electrons. The Morgan fingerprint density at radius 3 is 2.39 bits per heavy atom. The molecule has 0 spiro atoms. The SMILES string of the molecule is Cc1cccc(C)c1NC(=O)c1cc(-c2ccc(F)cc2)n[nH]1. The van der Waals surface area contributed by atoms with E-state index >= 15 is 0 Å². The molecule has 0 aliphatic heterocycles. The average Bonchev–Trinajstić information content (AvgIpc) is 3.02. The molecule has 1 heterocycles. The fraction of sp³-hybridized carbons (Fsp3) is 0.111. The summed E-state index contributed by atoms with van der Waals surface area (Å²) >= 11 is 0. The minimum atomic E-state index is -0.308. The molecule has 0 saturated carbocycles. The van der Waals surface area contributed by atoms with Gasteiger partial charge in [0.2, 0.25) is 0 Å². The molecule has 0 saturated heterocycles. The third kappa shape index (κ3) is 3.13. The lowest BCUT2D eigenvalue weighted by molar-refractivity contribution is 0.102. The summed E-state index contributed by atoms with van der Waals surface area (Å²) in [5.74, 6) is -0.569. The van der Waals surface area contributed by atoms with Crippen molar-refractivity contribution in [3.05, 3.63) is 71.2 Å². The first-order valence-corrected chi connectivity index (χ1v) is 7.23. The van der Waals surface area contributed by atoms with Crippen LogP contribution in [-0.4, -0.2) is 16.1 Å². The summed E-state index contributed by atoms with van der Waals surface area (Å²) in [5.41, 5.74) is 4.49. The fourth-order valence-electron chi connectivity index (χ4n) is 2.40. The number of benzene rings is 2. The number of nitrogens with zero attached hydrogens (tertiary/aromatic N) is 1. The van der Waals surface area contributed by atoms with Gasteiger partial charge in [-0.1, -0.05) is 18.2 Å². The smallest absolute Gasteiger partial charge is 0.273 e. The second-order valence-corrected chi connectivity index (χ2v) is 5.39. The summed E-state index contributed by atoms with van der Waals surface area (Å²) in [6, 6.07) is 13.5. The Kier molecular flexibility index (Phi) is 3.93. The third-order valence-electron chi connectivity index (χ3n) is 3.68. The summed E-state index contributed by atoms with van der Waals surface area (Å²) in [6.45, 7) is 3.89. The van der Waals surface area contributed by atoms with Crippen molar-refractivity contribution in [3.8, 4) is 11.3 Å². The van der Waals surface area contributed by atoms with Gasteiger partial charge in [-0.05, 0) is 55.3 Å². The number of aromatic nitrogens is 2. The Bertz CT molecular complexity index is 833. The lowest BCUT2D eigenvalue weighted by Crippen LogP contribution is -2.14. The molecule has 3 aromatic rings. The maximum absolute atomic E-state index is 13.0. The molecule has 3 rings (SSSR count). The van der Waals surface area contributed by atoms with Gasteiger partial charge in [-0.2, -0.15) is 5.10 Å². The standard InChI is InChI=1S/C18H16FN3O/c1-11-4-3-5-12(2)17(11)20-18(23)16-10-15(21-22-16)13-6-8-14(19)9-7-13/h3-10H,1-2H3,(H,20,23)(H,21,22). The molecule has 2 aromatic carbocycles. The molecule has 0 aliphatic rings. The third-order valence-corrected chi connectivity index (χ3v) is 3.68. The van der Waals surface area contributed by atoms with E-state index in [1.807, 2.05) is 32.0 Å². The molecular weight excluding hydrogens is 293 g/mol. The van der Waals surface area contributed by atoms with Crippen LogP contribution in [0.2, 0.25) is 0 Å². The van der Waals surface area contributed by atoms with Crippen molar-refractivity contribution in [1.29, 1.82) is 0 Å². The van der Waals surface area contributed by atoms with Crippen molar-refractivity contribution in [2.45, 2.75) is 13.8 Å². The molecule has 0 fully saturated rings. The molecule has 23 heavy (non-hydrogen) atoms. The van der Waals surface area contributed by atoms with Crippen molar-refractivity contribution in [1.82, 2.24) is 10.2 Å². The van der Waals surface area contributed by atoms with Crippen LogP contribution in [-0.2, 0) is 0 Å². The molecule has 0 unspecified atom stereocenters. The zero-order valence-electron chi connectivity index (χ0n) is 12.9. The van der Waals surface area contributed by atoms with Gasteiger partial charge in [-0.3, -0.25) is 9.89 Å². The van der Waals surface area contributed by atoms with Crippen molar-refractivity contribution in [3.63, 3.8) is 0 Å². The molecule has 0 radical (unpaired) electrons. The highest BCUT2D eigenvalue weighted by Crippen LogP contribution is 2.22. The average molecular weight is 309 g/mol. The van der Waals surface area contributed by atoms with E-state index in [0.29, 0.717) is 11.4 Å². The number of H-pyrrole nitrogens is 1. The van der Waals surface area contributed by atoms with Crippen LogP contribution >= 0.6 is 0 Å². The van der Waals surface area contributed by atoms with Crippen LogP contribution in [0.15, 0.2) is 48.5 Å². The number of carbonyl (C=O) groups is 1. The minimum Gasteiger partial charge on any atom is -0.320 e. The number of halogens is 1. The van der Waals surface area contributed by atoms with Gasteiger partial charge in [0.1, 0.15) is 11.5 Å². The predicted octanol–water partition coefficient (Wildman–Crippen LogP) is 4.08. The molecule has 0 aliphatic carbocycles. The van der Waals surface area contributed by atoms with Gasteiger partial charge in [-0.25, -0.2) is 4.39 Å². The topological polar surface area (TPSA) is 57.8 Å². The Morgan fingerprint density at radius 2 is 1.74 bits per heavy atom. The van der Waals surface area contributed by atoms with Crippen molar-refractivity contribution < 1.29 is 9.18 Å². The van der Waals surface area contributed by atoms with Crippen LogP contribution in [0.3, 0.4) is 0 Å². The molecule has 2 N–H and O–H groups in total. The second-order valence-electron chi connectivity index (χ2n) is 5.39. The summed E-state index contributed by atoms with van der Waals surface area (Å²) < 4.78 is 13.0. The number of aryl methyl sites for hydroxylation is 2. The molecule has 0 atom stereocenters. The van der Waals surface area contributed by atoms with E-state index in [2.05, 4.69) is 15.5 Å². The van der Waals surface area contributed by atoms with Crippen LogP contribution in [0.1, 0.15) is 21.6 Å². The van der Waals surface area contributed by atoms with E-state index < -0.39 is 0 Å². The summed E-state index contributed by atoms with van der Waals surface area (Å²) in [5, 5.41) is 9.74. The number of carbonyl (C=O) groups excluding carboxylic acids is 1. The van der Waals surface area contributed by atoms with Gasteiger partial charge in [0.15, 0.2) is 0 Å². The van der Waals surface area contributed by atoms with Crippen LogP contribution in [0, 0.1) is 19.7 Å². The number of amides is 1. The minimum absolute atomic E-state index is 0.261. The van der Waals surface area contributed by atoms with Gasteiger partial charge < -0.3 is 5.32 Å². The maximum Gasteiger partial charge on any atom is 0.273 e. The Hall–Kier alpha value is -2.95. The highest BCUT2D eigenvalue weighted by atomic mass is 19.1. The first-order valence-electron chi connectivity index (χ1n) is 7.23. The van der Waals surface area contributed by atoms with E-state index in [1.165, 1.54) is 12.1 Å². The number of nitrogens with one attached hydrogen (secondary N) is 2. The first-order chi connectivity index (χ1) is 11.0. The second kappa shape index (κ2) is 6.04. The largest absolute Gasteiger partial charge is 0.320 e. The number of hydrogen-bond acceptors (Lipinski definition) is 2. The molecule has 4 nitrogen and oxygen atoms in total. The number of rotatable bonds is 3. The van der Waals surface area contributed by atoms with Crippen LogP contribution in [0.25, 0.3) is 11.3 Å². The first kappa shape index (κ1) is 15.0. The van der Waals surface area contributed by atoms with Gasteiger partial charge in [-0.15, -0.1) is 0 Å². The molecular formula is C18H16FN3O. The lowest BCUT2D eigenvalue weighted by Gasteiger charge is -2.10. The zero-order chi connectivity index (χ0) is 16.4. The Labute approximate surface area is 133 Å². The molecule has 5 heteroatoms. The van der Waals surface area contributed by atoms with Gasteiger partial charge in [0.05, 0.1) is 5.69 Å². The highest BCUT2D eigenvalue weighted by molar-refractivity contribution is 6.04. The van der Waals surface area contributed by atoms with Crippen molar-refractivity contribution in [2.75, 3.05) is 5.32 Å². The molecule has 1 aromatic heterocycles. The normalized spacial score (nSPS) is 10.6. The van der Waals surface area contributed by atoms with Crippen LogP contribution < -0.4 is 5.32 Å². The zero-order valence-corrected chi connectivity index (χ0v) is 12.9. The van der Waals surface area contributed by atoms with Crippen LogP contribution in [0.4, 0.5) is 10.1 Å². The fourth-order valence-corrected chi connectivity index (χ4v) is 2.40. The Balaban J connectivity index is 1.83. The van der Waals surface area contributed by atoms with E-state index in [9.17, 15) is 9.18 Å². The summed E-state index contributed by atoms with van der Waals surface area (Å²) in [4.78, 5) is 12.4. The number of hydrogen-bond donors (Lipinski definition) is 2. The number of aromatic amines is 1. The highest BCUT2D eigenvalue weighted by Gasteiger charge is 2.13. The van der Waals surface area contributed by atoms with Crippen molar-refractivity contribution >= 4 is 11.6 Å². The van der Waals surface area contributed by atoms with E-state index in [0.717, 1.165) is 22.4 Å². The van der Waals surface area contributed by atoms with Crippen LogP contribution in [0.5, 0.6) is 0 Å². The van der Waals surface area contributed by atoms with Crippen molar-refractivity contribution in [2.24, 2.45) is 0 Å². The monoisotopic (exact) mass is 309 g/mol. The maximum atomic E-state index is 13.0. The quantitative estimate of drug-likeness (QED) is 0.765. The predicted molar refractivity (Wildman–Crippen MR) is 87.9 cm³/mol. The van der Waals surface area contributed by atoms with Gasteiger partial charge in [0.25, 0.3) is 5.91 Å². The number of anilines is 1. The van der Waals surface area contributed by atoms with Gasteiger partial charge in [0, 0.05) is 11.3 Å². The van der Waals surface area contributed by atoms with E-state index in [1.54, 1.807) is 18.2 Å². The summed E-state index contributed by atoms with van der Waals surface area (Å²) in [7, 11) is 0. The summed E-state index contributed by atoms with van der Waals surface area (Å²) in [6.07, 6.45) is 0. The van der Waals surface area contributed by atoms with E-state index in [4.69, 9.17) is 0 Å². The van der Waals surface area contributed by atoms with Gasteiger partial charge >= 0.3 is 0 Å².